The van der Waals surface area contributed by atoms with Gasteiger partial charge in [-0.1, -0.05) is 60.2 Å². The highest BCUT2D eigenvalue weighted by Gasteiger charge is 2.19. The van der Waals surface area contributed by atoms with Gasteiger partial charge in [0.15, 0.2) is 0 Å². The molecule has 1 N–H and O–H groups in total. The summed E-state index contributed by atoms with van der Waals surface area (Å²) in [6, 6.07) is 20.1. The standard InChI is InChI=1S/C19H24N2/c1-16-6-5-7-17(14-16)10-12-21-13-11-20-19(15-21)18-8-3-2-4-9-18/h2-9,14,19-20H,10-13,15H2,1H3. The first-order valence-corrected chi connectivity index (χ1v) is 7.87. The third kappa shape index (κ3) is 3.93. The van der Waals surface area contributed by atoms with Gasteiger partial charge in [-0.15, -0.1) is 0 Å². The predicted molar refractivity (Wildman–Crippen MR) is 88.5 cm³/mol. The average Bonchev–Trinajstić information content (AvgIpc) is 2.54. The summed E-state index contributed by atoms with van der Waals surface area (Å²) in [7, 11) is 0. The normalized spacial score (nSPS) is 19.6. The van der Waals surface area contributed by atoms with E-state index in [1.807, 2.05) is 0 Å². The van der Waals surface area contributed by atoms with Crippen LogP contribution in [0, 0.1) is 6.92 Å². The lowest BCUT2D eigenvalue weighted by atomic mass is 10.0. The second kappa shape index (κ2) is 6.88. The van der Waals surface area contributed by atoms with E-state index < -0.39 is 0 Å². The maximum atomic E-state index is 3.63. The largest absolute Gasteiger partial charge is 0.308 e. The van der Waals surface area contributed by atoms with Crippen LogP contribution in [-0.4, -0.2) is 31.1 Å². The summed E-state index contributed by atoms with van der Waals surface area (Å²) in [6.07, 6.45) is 1.14. The van der Waals surface area contributed by atoms with Crippen molar-refractivity contribution in [2.45, 2.75) is 19.4 Å². The topological polar surface area (TPSA) is 15.3 Å². The third-order valence-electron chi connectivity index (χ3n) is 4.26. The second-order valence-corrected chi connectivity index (χ2v) is 5.96. The Morgan fingerprint density at radius 1 is 1.10 bits per heavy atom. The quantitative estimate of drug-likeness (QED) is 0.925. The van der Waals surface area contributed by atoms with Gasteiger partial charge in [-0.05, 0) is 24.5 Å². The number of benzene rings is 2. The molecule has 1 aliphatic rings. The van der Waals surface area contributed by atoms with E-state index in [-0.39, 0.29) is 0 Å². The van der Waals surface area contributed by atoms with Crippen LogP contribution in [0.3, 0.4) is 0 Å². The van der Waals surface area contributed by atoms with Gasteiger partial charge in [-0.25, -0.2) is 0 Å². The molecule has 0 spiro atoms. The lowest BCUT2D eigenvalue weighted by molar-refractivity contribution is 0.203. The van der Waals surface area contributed by atoms with Crippen LogP contribution in [0.5, 0.6) is 0 Å². The molecule has 0 aliphatic carbocycles. The molecule has 0 aromatic heterocycles. The van der Waals surface area contributed by atoms with Crippen LogP contribution in [0.25, 0.3) is 0 Å². The summed E-state index contributed by atoms with van der Waals surface area (Å²) in [5, 5.41) is 3.63. The molecule has 0 saturated carbocycles. The number of hydrogen-bond donors (Lipinski definition) is 1. The monoisotopic (exact) mass is 280 g/mol. The van der Waals surface area contributed by atoms with Gasteiger partial charge < -0.3 is 5.32 Å². The van der Waals surface area contributed by atoms with Gasteiger partial charge in [-0.2, -0.15) is 0 Å². The summed E-state index contributed by atoms with van der Waals surface area (Å²) in [6.45, 7) is 6.65. The fourth-order valence-corrected chi connectivity index (χ4v) is 3.08. The molecule has 2 aromatic rings. The summed E-state index contributed by atoms with van der Waals surface area (Å²) >= 11 is 0. The minimum absolute atomic E-state index is 0.470. The lowest BCUT2D eigenvalue weighted by Gasteiger charge is -2.34. The summed E-state index contributed by atoms with van der Waals surface area (Å²) in [4.78, 5) is 2.58. The lowest BCUT2D eigenvalue weighted by Crippen LogP contribution is -2.46. The molecule has 1 heterocycles. The van der Waals surface area contributed by atoms with E-state index in [1.54, 1.807) is 0 Å². The summed E-state index contributed by atoms with van der Waals surface area (Å²) in [5.74, 6) is 0. The summed E-state index contributed by atoms with van der Waals surface area (Å²) < 4.78 is 0. The van der Waals surface area contributed by atoms with Gasteiger partial charge in [0.2, 0.25) is 0 Å². The Hall–Kier alpha value is -1.64. The Morgan fingerprint density at radius 2 is 1.95 bits per heavy atom. The predicted octanol–water partition coefficient (Wildman–Crippen LogP) is 3.18. The number of nitrogens with zero attached hydrogens (tertiary/aromatic N) is 1. The fraction of sp³-hybridized carbons (Fsp3) is 0.368. The van der Waals surface area contributed by atoms with Crippen LogP contribution in [-0.2, 0) is 6.42 Å². The number of rotatable bonds is 4. The van der Waals surface area contributed by atoms with Gasteiger partial charge >= 0.3 is 0 Å². The maximum Gasteiger partial charge on any atom is 0.0449 e. The van der Waals surface area contributed by atoms with E-state index in [0.717, 1.165) is 32.6 Å². The second-order valence-electron chi connectivity index (χ2n) is 5.96. The van der Waals surface area contributed by atoms with Crippen molar-refractivity contribution < 1.29 is 0 Å². The number of piperazine rings is 1. The molecule has 1 fully saturated rings. The molecular weight excluding hydrogens is 256 g/mol. The zero-order valence-corrected chi connectivity index (χ0v) is 12.8. The molecule has 0 bridgehead atoms. The minimum Gasteiger partial charge on any atom is -0.308 e. The molecule has 110 valence electrons. The van der Waals surface area contributed by atoms with E-state index in [9.17, 15) is 0 Å². The van der Waals surface area contributed by atoms with Crippen molar-refractivity contribution in [2.75, 3.05) is 26.2 Å². The van der Waals surface area contributed by atoms with Gasteiger partial charge in [0.05, 0.1) is 0 Å². The molecule has 0 amide bonds. The van der Waals surface area contributed by atoms with Crippen molar-refractivity contribution in [3.8, 4) is 0 Å². The first-order chi connectivity index (χ1) is 10.3. The fourth-order valence-electron chi connectivity index (χ4n) is 3.08. The highest BCUT2D eigenvalue weighted by Crippen LogP contribution is 2.17. The summed E-state index contributed by atoms with van der Waals surface area (Å²) in [5.41, 5.74) is 4.21. The van der Waals surface area contributed by atoms with Crippen molar-refractivity contribution in [1.29, 1.82) is 0 Å². The molecule has 2 aromatic carbocycles. The molecule has 21 heavy (non-hydrogen) atoms. The van der Waals surface area contributed by atoms with Crippen LogP contribution < -0.4 is 5.32 Å². The molecule has 3 rings (SSSR count). The van der Waals surface area contributed by atoms with E-state index in [4.69, 9.17) is 0 Å². The molecule has 2 heteroatoms. The van der Waals surface area contributed by atoms with Crippen molar-refractivity contribution in [1.82, 2.24) is 10.2 Å². The van der Waals surface area contributed by atoms with Crippen molar-refractivity contribution >= 4 is 0 Å². The molecule has 2 nitrogen and oxygen atoms in total. The van der Waals surface area contributed by atoms with E-state index in [2.05, 4.69) is 71.7 Å². The zero-order chi connectivity index (χ0) is 14.5. The average molecular weight is 280 g/mol. The van der Waals surface area contributed by atoms with Crippen LogP contribution in [0.1, 0.15) is 22.7 Å². The molecule has 1 aliphatic heterocycles. The first kappa shape index (κ1) is 14.3. The Morgan fingerprint density at radius 3 is 2.76 bits per heavy atom. The molecular formula is C19H24N2. The Balaban J connectivity index is 1.57. The van der Waals surface area contributed by atoms with Gasteiger partial charge in [0, 0.05) is 32.2 Å². The number of nitrogens with one attached hydrogen (secondary N) is 1. The highest BCUT2D eigenvalue weighted by molar-refractivity contribution is 5.23. The van der Waals surface area contributed by atoms with Gasteiger partial charge in [0.25, 0.3) is 0 Å². The Bertz CT molecular complexity index is 565. The van der Waals surface area contributed by atoms with Gasteiger partial charge in [-0.3, -0.25) is 4.90 Å². The SMILES string of the molecule is Cc1cccc(CCN2CCNC(c3ccccc3)C2)c1. The molecule has 1 unspecified atom stereocenters. The minimum atomic E-state index is 0.470. The molecule has 1 saturated heterocycles. The van der Waals surface area contributed by atoms with Crippen LogP contribution >= 0.6 is 0 Å². The molecule has 0 radical (unpaired) electrons. The zero-order valence-electron chi connectivity index (χ0n) is 12.8. The number of aryl methyl sites for hydroxylation is 1. The van der Waals surface area contributed by atoms with E-state index >= 15 is 0 Å². The molecule has 1 atom stereocenters. The third-order valence-corrected chi connectivity index (χ3v) is 4.26. The smallest absolute Gasteiger partial charge is 0.0449 e. The van der Waals surface area contributed by atoms with Gasteiger partial charge in [0.1, 0.15) is 0 Å². The number of hydrogen-bond acceptors (Lipinski definition) is 2. The van der Waals surface area contributed by atoms with Crippen LogP contribution in [0.15, 0.2) is 54.6 Å². The van der Waals surface area contributed by atoms with E-state index in [0.29, 0.717) is 6.04 Å². The Kier molecular flexibility index (Phi) is 4.69. The van der Waals surface area contributed by atoms with Crippen LogP contribution in [0.4, 0.5) is 0 Å². The van der Waals surface area contributed by atoms with Crippen molar-refractivity contribution in [2.24, 2.45) is 0 Å². The van der Waals surface area contributed by atoms with E-state index in [1.165, 1.54) is 16.7 Å². The van der Waals surface area contributed by atoms with Crippen molar-refractivity contribution in [3.63, 3.8) is 0 Å². The highest BCUT2D eigenvalue weighted by atomic mass is 15.2. The Labute approximate surface area is 127 Å². The van der Waals surface area contributed by atoms with Crippen molar-refractivity contribution in [3.05, 3.63) is 71.3 Å². The van der Waals surface area contributed by atoms with Crippen LogP contribution in [0.2, 0.25) is 0 Å². The maximum absolute atomic E-state index is 3.63. The first-order valence-electron chi connectivity index (χ1n) is 7.87.